The molecule has 0 aromatic carbocycles. The monoisotopic (exact) mass is 298 g/mol. The Morgan fingerprint density at radius 3 is 2.65 bits per heavy atom. The van der Waals surface area contributed by atoms with E-state index >= 15 is 0 Å². The van der Waals surface area contributed by atoms with E-state index in [9.17, 15) is 4.79 Å². The lowest BCUT2D eigenvalue weighted by Crippen LogP contribution is -2.51. The fourth-order valence-corrected chi connectivity index (χ4v) is 2.66. The van der Waals surface area contributed by atoms with Gasteiger partial charge in [-0.3, -0.25) is 4.79 Å². The van der Waals surface area contributed by atoms with E-state index in [1.807, 2.05) is 16.8 Å². The van der Waals surface area contributed by atoms with Crippen LogP contribution in [-0.4, -0.2) is 16.0 Å². The first-order valence-corrected chi connectivity index (χ1v) is 6.90. The first-order chi connectivity index (χ1) is 7.91. The molecule has 3 nitrogen and oxygen atoms in total. The molecule has 1 saturated carbocycles. The zero-order valence-electron chi connectivity index (χ0n) is 10.6. The molecule has 0 bridgehead atoms. The van der Waals surface area contributed by atoms with Crippen LogP contribution in [0, 0.1) is 0 Å². The van der Waals surface area contributed by atoms with Crippen molar-refractivity contribution in [2.75, 3.05) is 0 Å². The molecule has 17 heavy (non-hydrogen) atoms. The molecule has 0 spiro atoms. The van der Waals surface area contributed by atoms with Gasteiger partial charge in [-0.05, 0) is 62.0 Å². The Labute approximate surface area is 111 Å². The molecule has 1 amide bonds. The van der Waals surface area contributed by atoms with Gasteiger partial charge in [-0.15, -0.1) is 0 Å². The number of nitrogens with zero attached hydrogens (tertiary/aromatic N) is 1. The lowest BCUT2D eigenvalue weighted by atomic mass is 9.78. The molecule has 0 unspecified atom stereocenters. The molecule has 1 aliphatic rings. The van der Waals surface area contributed by atoms with Gasteiger partial charge in [0.15, 0.2) is 0 Å². The van der Waals surface area contributed by atoms with Gasteiger partial charge in [0.2, 0.25) is 0 Å². The van der Waals surface area contributed by atoms with Gasteiger partial charge in [0.05, 0.1) is 0 Å². The first-order valence-electron chi connectivity index (χ1n) is 6.11. The number of hydrogen-bond donors (Lipinski definition) is 1. The summed E-state index contributed by atoms with van der Waals surface area (Å²) in [5, 5.41) is 3.14. The van der Waals surface area contributed by atoms with Gasteiger partial charge in [-0.25, -0.2) is 0 Å². The quantitative estimate of drug-likeness (QED) is 0.910. The van der Waals surface area contributed by atoms with Crippen molar-refractivity contribution >= 4 is 21.8 Å². The van der Waals surface area contributed by atoms with Crippen molar-refractivity contribution < 1.29 is 4.79 Å². The van der Waals surface area contributed by atoms with Gasteiger partial charge >= 0.3 is 0 Å². The molecule has 2 rings (SSSR count). The highest BCUT2D eigenvalue weighted by molar-refractivity contribution is 9.10. The molecule has 94 valence electrons. The van der Waals surface area contributed by atoms with E-state index in [4.69, 9.17) is 0 Å². The molecule has 0 atom stereocenters. The highest BCUT2D eigenvalue weighted by Gasteiger charge is 2.34. The SMILES string of the molecule is CC(C)n1cc(Br)cc1C(=O)NC1(C)CCC1. The third-order valence-electron chi connectivity index (χ3n) is 3.48. The van der Waals surface area contributed by atoms with Crippen LogP contribution < -0.4 is 5.32 Å². The van der Waals surface area contributed by atoms with E-state index in [1.165, 1.54) is 6.42 Å². The molecule has 0 aliphatic heterocycles. The van der Waals surface area contributed by atoms with Gasteiger partial charge in [0, 0.05) is 22.3 Å². The largest absolute Gasteiger partial charge is 0.346 e. The van der Waals surface area contributed by atoms with Crippen molar-refractivity contribution in [2.45, 2.75) is 51.6 Å². The number of amides is 1. The van der Waals surface area contributed by atoms with Crippen molar-refractivity contribution in [2.24, 2.45) is 0 Å². The zero-order chi connectivity index (χ0) is 12.6. The maximum atomic E-state index is 12.2. The molecule has 1 aromatic rings. The van der Waals surface area contributed by atoms with Crippen molar-refractivity contribution in [1.82, 2.24) is 9.88 Å². The molecule has 1 fully saturated rings. The summed E-state index contributed by atoms with van der Waals surface area (Å²) in [7, 11) is 0. The molecular weight excluding hydrogens is 280 g/mol. The Balaban J connectivity index is 2.18. The number of nitrogens with one attached hydrogen (secondary N) is 1. The summed E-state index contributed by atoms with van der Waals surface area (Å²) in [5.41, 5.74) is 0.746. The summed E-state index contributed by atoms with van der Waals surface area (Å²) in [5.74, 6) is 0.0339. The summed E-state index contributed by atoms with van der Waals surface area (Å²) in [4.78, 5) is 12.2. The van der Waals surface area contributed by atoms with Crippen LogP contribution in [0.25, 0.3) is 0 Å². The third-order valence-corrected chi connectivity index (χ3v) is 3.91. The van der Waals surface area contributed by atoms with Crippen LogP contribution >= 0.6 is 15.9 Å². The maximum Gasteiger partial charge on any atom is 0.268 e. The Morgan fingerprint density at radius 2 is 2.18 bits per heavy atom. The Bertz CT molecular complexity index is 433. The predicted molar refractivity (Wildman–Crippen MR) is 72.2 cm³/mol. The summed E-state index contributed by atoms with van der Waals surface area (Å²) in [6, 6.07) is 2.17. The molecule has 1 N–H and O–H groups in total. The van der Waals surface area contributed by atoms with Crippen LogP contribution in [0.5, 0.6) is 0 Å². The summed E-state index contributed by atoms with van der Waals surface area (Å²) in [6.07, 6.45) is 5.35. The lowest BCUT2D eigenvalue weighted by molar-refractivity contribution is 0.0839. The molecule has 0 saturated heterocycles. The van der Waals surface area contributed by atoms with Gasteiger partial charge < -0.3 is 9.88 Å². The van der Waals surface area contributed by atoms with Crippen LogP contribution in [0.4, 0.5) is 0 Å². The van der Waals surface area contributed by atoms with Crippen molar-refractivity contribution in [1.29, 1.82) is 0 Å². The summed E-state index contributed by atoms with van der Waals surface area (Å²) < 4.78 is 2.96. The Kier molecular flexibility index (Phi) is 3.34. The second kappa shape index (κ2) is 4.48. The minimum Gasteiger partial charge on any atom is -0.346 e. The minimum atomic E-state index is 0.00956. The van der Waals surface area contributed by atoms with E-state index in [0.29, 0.717) is 0 Å². The normalized spacial score (nSPS) is 17.9. The highest BCUT2D eigenvalue weighted by Crippen LogP contribution is 2.31. The number of carbonyl (C=O) groups excluding carboxylic acids is 1. The topological polar surface area (TPSA) is 34.0 Å². The molecule has 0 radical (unpaired) electrons. The Morgan fingerprint density at radius 1 is 1.53 bits per heavy atom. The van der Waals surface area contributed by atoms with Crippen LogP contribution in [0.3, 0.4) is 0 Å². The number of halogens is 1. The molecule has 1 aliphatic carbocycles. The van der Waals surface area contributed by atoms with E-state index in [1.54, 1.807) is 0 Å². The second-order valence-corrected chi connectivity index (χ2v) is 6.33. The van der Waals surface area contributed by atoms with Crippen molar-refractivity contribution in [3.63, 3.8) is 0 Å². The fraction of sp³-hybridized carbons (Fsp3) is 0.615. The van der Waals surface area contributed by atoms with Crippen LogP contribution in [0.2, 0.25) is 0 Å². The van der Waals surface area contributed by atoms with Gasteiger partial charge in [0.1, 0.15) is 5.69 Å². The smallest absolute Gasteiger partial charge is 0.268 e. The first kappa shape index (κ1) is 12.7. The summed E-state index contributed by atoms with van der Waals surface area (Å²) >= 11 is 3.43. The van der Waals surface area contributed by atoms with E-state index in [2.05, 4.69) is 42.0 Å². The molecule has 1 heterocycles. The lowest BCUT2D eigenvalue weighted by Gasteiger charge is -2.39. The van der Waals surface area contributed by atoms with E-state index in [0.717, 1.165) is 23.0 Å². The molecule has 4 heteroatoms. The number of carbonyl (C=O) groups is 1. The van der Waals surface area contributed by atoms with E-state index < -0.39 is 0 Å². The van der Waals surface area contributed by atoms with Crippen LogP contribution in [-0.2, 0) is 0 Å². The second-order valence-electron chi connectivity index (χ2n) is 5.41. The predicted octanol–water partition coefficient (Wildman–Crippen LogP) is 3.50. The third kappa shape index (κ3) is 2.57. The van der Waals surface area contributed by atoms with Gasteiger partial charge in [0.25, 0.3) is 5.91 Å². The van der Waals surface area contributed by atoms with E-state index in [-0.39, 0.29) is 17.5 Å². The van der Waals surface area contributed by atoms with Crippen molar-refractivity contribution in [3.05, 3.63) is 22.4 Å². The highest BCUT2D eigenvalue weighted by atomic mass is 79.9. The van der Waals surface area contributed by atoms with Gasteiger partial charge in [-0.2, -0.15) is 0 Å². The van der Waals surface area contributed by atoms with Crippen LogP contribution in [0.1, 0.15) is 56.6 Å². The Hall–Kier alpha value is -0.770. The molecular formula is C13H19BrN2O. The summed E-state index contributed by atoms with van der Waals surface area (Å²) in [6.45, 7) is 6.27. The number of rotatable bonds is 3. The maximum absolute atomic E-state index is 12.2. The zero-order valence-corrected chi connectivity index (χ0v) is 12.2. The van der Waals surface area contributed by atoms with Gasteiger partial charge in [-0.1, -0.05) is 0 Å². The molecule has 1 aromatic heterocycles. The number of aromatic nitrogens is 1. The van der Waals surface area contributed by atoms with Crippen LogP contribution in [0.15, 0.2) is 16.7 Å². The fourth-order valence-electron chi connectivity index (χ4n) is 2.23. The standard InChI is InChI=1S/C13H19BrN2O/c1-9(2)16-8-10(14)7-11(16)12(17)15-13(3)5-4-6-13/h7-9H,4-6H2,1-3H3,(H,15,17). The average Bonchev–Trinajstić information content (AvgIpc) is 2.58. The van der Waals surface area contributed by atoms with Crippen molar-refractivity contribution in [3.8, 4) is 0 Å². The minimum absolute atomic E-state index is 0.00956. The average molecular weight is 299 g/mol. The number of hydrogen-bond acceptors (Lipinski definition) is 1.